The van der Waals surface area contributed by atoms with Crippen LogP contribution in [0, 0.1) is 17.6 Å². The lowest BCUT2D eigenvalue weighted by atomic mass is 10.0. The number of nitrogens with one attached hydrogen (secondary N) is 1. The van der Waals surface area contributed by atoms with Crippen LogP contribution in [0.25, 0.3) is 0 Å². The lowest BCUT2D eigenvalue weighted by Gasteiger charge is -2.31. The first kappa shape index (κ1) is 15.1. The summed E-state index contributed by atoms with van der Waals surface area (Å²) in [5, 5.41) is 9.10. The predicted octanol–water partition coefficient (Wildman–Crippen LogP) is 1.33. The van der Waals surface area contributed by atoms with Gasteiger partial charge in [-0.15, -0.1) is 0 Å². The minimum Gasteiger partial charge on any atom is -0.396 e. The number of aliphatic hydroxyl groups excluding tert-OH is 1. The Hall–Kier alpha value is -1.25. The highest BCUT2D eigenvalue weighted by Crippen LogP contribution is 2.22. The molecular formula is C12H16F2N2O3S. The number of piperidine rings is 1. The molecule has 1 aromatic rings. The molecule has 1 unspecified atom stereocenters. The molecule has 20 heavy (non-hydrogen) atoms. The minimum atomic E-state index is -3.90. The SMILES string of the molecule is O=S(=O)(Nc1ccc(F)cc1F)N1CCCC(CO)C1. The van der Waals surface area contributed by atoms with Crippen molar-refractivity contribution in [1.82, 2.24) is 4.31 Å². The Kier molecular flexibility index (Phi) is 4.56. The Bertz CT molecular complexity index is 580. The number of hydrogen-bond donors (Lipinski definition) is 2. The van der Waals surface area contributed by atoms with Crippen LogP contribution in [0.2, 0.25) is 0 Å². The van der Waals surface area contributed by atoms with E-state index in [9.17, 15) is 17.2 Å². The maximum absolute atomic E-state index is 13.5. The molecule has 0 bridgehead atoms. The van der Waals surface area contributed by atoms with Crippen LogP contribution in [0.3, 0.4) is 0 Å². The molecule has 1 aromatic carbocycles. The van der Waals surface area contributed by atoms with Crippen LogP contribution in [0.5, 0.6) is 0 Å². The molecule has 8 heteroatoms. The molecule has 0 aliphatic carbocycles. The van der Waals surface area contributed by atoms with Gasteiger partial charge in [-0.05, 0) is 30.9 Å². The number of nitrogens with zero attached hydrogens (tertiary/aromatic N) is 1. The Balaban J connectivity index is 2.14. The van der Waals surface area contributed by atoms with E-state index in [4.69, 9.17) is 5.11 Å². The van der Waals surface area contributed by atoms with Crippen molar-refractivity contribution in [2.24, 2.45) is 5.92 Å². The van der Waals surface area contributed by atoms with E-state index in [1.807, 2.05) is 0 Å². The van der Waals surface area contributed by atoms with Gasteiger partial charge in [-0.2, -0.15) is 12.7 Å². The third-order valence-electron chi connectivity index (χ3n) is 3.25. The summed E-state index contributed by atoms with van der Waals surface area (Å²) in [5.41, 5.74) is -0.294. The maximum atomic E-state index is 13.5. The molecular weight excluding hydrogens is 290 g/mol. The summed E-state index contributed by atoms with van der Waals surface area (Å²) < 4.78 is 53.8. The summed E-state index contributed by atoms with van der Waals surface area (Å²) in [6.07, 6.45) is 1.39. The second-order valence-electron chi connectivity index (χ2n) is 4.78. The zero-order valence-corrected chi connectivity index (χ0v) is 11.5. The Morgan fingerprint density at radius 1 is 1.40 bits per heavy atom. The summed E-state index contributed by atoms with van der Waals surface area (Å²) in [4.78, 5) is 0. The molecule has 5 nitrogen and oxygen atoms in total. The number of halogens is 2. The van der Waals surface area contributed by atoms with E-state index in [2.05, 4.69) is 4.72 Å². The van der Waals surface area contributed by atoms with Gasteiger partial charge in [0.25, 0.3) is 0 Å². The molecule has 1 fully saturated rings. The molecule has 1 aliphatic heterocycles. The number of anilines is 1. The van der Waals surface area contributed by atoms with E-state index in [1.54, 1.807) is 0 Å². The van der Waals surface area contributed by atoms with Crippen molar-refractivity contribution >= 4 is 15.9 Å². The van der Waals surface area contributed by atoms with E-state index < -0.39 is 21.8 Å². The highest BCUT2D eigenvalue weighted by molar-refractivity contribution is 7.90. The zero-order valence-electron chi connectivity index (χ0n) is 10.7. The van der Waals surface area contributed by atoms with Crippen molar-refractivity contribution in [2.45, 2.75) is 12.8 Å². The average molecular weight is 306 g/mol. The largest absolute Gasteiger partial charge is 0.396 e. The zero-order chi connectivity index (χ0) is 14.8. The van der Waals surface area contributed by atoms with Crippen LogP contribution in [0.1, 0.15) is 12.8 Å². The number of aliphatic hydroxyl groups is 1. The fourth-order valence-electron chi connectivity index (χ4n) is 2.17. The van der Waals surface area contributed by atoms with Crippen molar-refractivity contribution < 1.29 is 22.3 Å². The van der Waals surface area contributed by atoms with Crippen LogP contribution >= 0.6 is 0 Å². The second kappa shape index (κ2) is 6.02. The van der Waals surface area contributed by atoms with Crippen LogP contribution in [-0.4, -0.2) is 37.5 Å². The quantitative estimate of drug-likeness (QED) is 0.881. The minimum absolute atomic E-state index is 0.0864. The second-order valence-corrected chi connectivity index (χ2v) is 6.45. The number of hydrogen-bond acceptors (Lipinski definition) is 3. The molecule has 1 atom stereocenters. The summed E-state index contributed by atoms with van der Waals surface area (Å²) in [6.45, 7) is 0.417. The third kappa shape index (κ3) is 3.44. The van der Waals surface area contributed by atoms with Gasteiger partial charge in [-0.25, -0.2) is 8.78 Å². The van der Waals surface area contributed by atoms with Crippen molar-refractivity contribution in [2.75, 3.05) is 24.4 Å². The Morgan fingerprint density at radius 3 is 2.80 bits per heavy atom. The average Bonchev–Trinajstić information content (AvgIpc) is 2.42. The molecule has 1 heterocycles. The van der Waals surface area contributed by atoms with Gasteiger partial charge >= 0.3 is 10.2 Å². The van der Waals surface area contributed by atoms with Crippen molar-refractivity contribution in [1.29, 1.82) is 0 Å². The topological polar surface area (TPSA) is 69.6 Å². The molecule has 1 saturated heterocycles. The smallest absolute Gasteiger partial charge is 0.301 e. The van der Waals surface area contributed by atoms with Crippen LogP contribution < -0.4 is 4.72 Å². The standard InChI is InChI=1S/C12H16F2N2O3S/c13-10-3-4-12(11(14)6-10)15-20(18,19)16-5-1-2-9(7-16)8-17/h3-4,6,9,15,17H,1-2,5,7-8H2. The first-order valence-electron chi connectivity index (χ1n) is 6.26. The monoisotopic (exact) mass is 306 g/mol. The normalized spacial score (nSPS) is 20.9. The van der Waals surface area contributed by atoms with Crippen molar-refractivity contribution in [3.05, 3.63) is 29.8 Å². The van der Waals surface area contributed by atoms with E-state index in [0.717, 1.165) is 18.6 Å². The van der Waals surface area contributed by atoms with E-state index in [0.29, 0.717) is 19.0 Å². The lowest BCUT2D eigenvalue weighted by molar-refractivity contribution is 0.166. The molecule has 112 valence electrons. The van der Waals surface area contributed by atoms with Gasteiger partial charge < -0.3 is 5.11 Å². The summed E-state index contributed by atoms with van der Waals surface area (Å²) in [6, 6.07) is 2.63. The van der Waals surface area contributed by atoms with Crippen molar-refractivity contribution in [3.8, 4) is 0 Å². The van der Waals surface area contributed by atoms with Gasteiger partial charge in [0.1, 0.15) is 11.6 Å². The maximum Gasteiger partial charge on any atom is 0.301 e. The lowest BCUT2D eigenvalue weighted by Crippen LogP contribution is -2.43. The first-order valence-corrected chi connectivity index (χ1v) is 7.70. The molecule has 1 aliphatic rings. The van der Waals surface area contributed by atoms with Gasteiger partial charge in [-0.1, -0.05) is 0 Å². The van der Waals surface area contributed by atoms with Gasteiger partial charge in [0, 0.05) is 25.8 Å². The molecule has 0 spiro atoms. The van der Waals surface area contributed by atoms with Gasteiger partial charge in [-0.3, -0.25) is 4.72 Å². The molecule has 0 aromatic heterocycles. The van der Waals surface area contributed by atoms with Gasteiger partial charge in [0.05, 0.1) is 5.69 Å². The van der Waals surface area contributed by atoms with Crippen LogP contribution in [0.4, 0.5) is 14.5 Å². The fraction of sp³-hybridized carbons (Fsp3) is 0.500. The first-order chi connectivity index (χ1) is 9.42. The van der Waals surface area contributed by atoms with E-state index >= 15 is 0 Å². The molecule has 0 amide bonds. The van der Waals surface area contributed by atoms with Crippen molar-refractivity contribution in [3.63, 3.8) is 0 Å². The summed E-state index contributed by atoms with van der Waals surface area (Å²) >= 11 is 0. The summed E-state index contributed by atoms with van der Waals surface area (Å²) in [5.74, 6) is -1.86. The Morgan fingerprint density at radius 2 is 2.15 bits per heavy atom. The van der Waals surface area contributed by atoms with Gasteiger partial charge in [0.15, 0.2) is 0 Å². The Labute approximate surface area is 116 Å². The summed E-state index contributed by atoms with van der Waals surface area (Å²) in [7, 11) is -3.90. The molecule has 0 saturated carbocycles. The fourth-order valence-corrected chi connectivity index (χ4v) is 3.52. The number of benzene rings is 1. The third-order valence-corrected chi connectivity index (χ3v) is 4.74. The molecule has 2 N–H and O–H groups in total. The molecule has 2 rings (SSSR count). The highest BCUT2D eigenvalue weighted by atomic mass is 32.2. The van der Waals surface area contributed by atoms with Crippen LogP contribution in [0.15, 0.2) is 18.2 Å². The van der Waals surface area contributed by atoms with E-state index in [-0.39, 0.29) is 24.8 Å². The number of rotatable bonds is 4. The highest BCUT2D eigenvalue weighted by Gasteiger charge is 2.29. The van der Waals surface area contributed by atoms with Crippen LogP contribution in [-0.2, 0) is 10.2 Å². The van der Waals surface area contributed by atoms with E-state index in [1.165, 1.54) is 4.31 Å². The predicted molar refractivity (Wildman–Crippen MR) is 70.3 cm³/mol. The van der Waals surface area contributed by atoms with Gasteiger partial charge in [0.2, 0.25) is 0 Å². The molecule has 0 radical (unpaired) electrons.